The first kappa shape index (κ1) is 21.5. The molecule has 4 rings (SSSR count). The normalized spacial score (nSPS) is 12.0. The van der Waals surface area contributed by atoms with Crippen molar-refractivity contribution >= 4 is 45.2 Å². The molecule has 4 nitrogen and oxygen atoms in total. The molecule has 1 aromatic heterocycles. The number of carbonyl (C=O) groups is 1. The van der Waals surface area contributed by atoms with Crippen molar-refractivity contribution in [1.29, 1.82) is 0 Å². The number of halogens is 2. The molecule has 1 heterocycles. The number of aromatic amines is 1. The third kappa shape index (κ3) is 3.95. The molecule has 0 fully saturated rings. The monoisotopic (exact) mass is 446 g/mol. The van der Waals surface area contributed by atoms with E-state index in [0.29, 0.717) is 28.1 Å². The van der Waals surface area contributed by atoms with Crippen LogP contribution in [0.3, 0.4) is 0 Å². The van der Waals surface area contributed by atoms with E-state index in [4.69, 9.17) is 11.6 Å². The van der Waals surface area contributed by atoms with Gasteiger partial charge in [0.25, 0.3) is 0 Å². The van der Waals surface area contributed by atoms with Crippen LogP contribution in [0.2, 0.25) is 5.02 Å². The third-order valence-electron chi connectivity index (χ3n) is 5.42. The van der Waals surface area contributed by atoms with E-state index in [-0.39, 0.29) is 5.57 Å². The van der Waals surface area contributed by atoms with Gasteiger partial charge in [0.1, 0.15) is 5.82 Å². The van der Waals surface area contributed by atoms with Crippen molar-refractivity contribution in [3.8, 4) is 0 Å². The number of hydrogen-bond donors (Lipinski definition) is 2. The van der Waals surface area contributed by atoms with Gasteiger partial charge < -0.3 is 5.11 Å². The minimum atomic E-state index is -1.10. The molecule has 6 heteroatoms. The molecule has 0 unspecified atom stereocenters. The molecule has 0 aliphatic carbocycles. The number of aromatic nitrogens is 2. The number of benzene rings is 3. The second-order valence-electron chi connectivity index (χ2n) is 7.33. The first-order valence-corrected chi connectivity index (χ1v) is 10.4. The lowest BCUT2D eigenvalue weighted by Crippen LogP contribution is -2.04. The van der Waals surface area contributed by atoms with Gasteiger partial charge in [-0.2, -0.15) is 5.10 Å². The fraction of sp³-hybridized carbons (Fsp3) is 0.0769. The van der Waals surface area contributed by atoms with Crippen molar-refractivity contribution < 1.29 is 14.3 Å². The van der Waals surface area contributed by atoms with Gasteiger partial charge in [-0.05, 0) is 64.1 Å². The molecule has 0 spiro atoms. The maximum atomic E-state index is 13.8. The lowest BCUT2D eigenvalue weighted by molar-refractivity contribution is -0.130. The van der Waals surface area contributed by atoms with Crippen LogP contribution in [0.25, 0.3) is 27.6 Å². The Hall–Kier alpha value is -3.70. The number of carboxylic acids is 1. The maximum Gasteiger partial charge on any atom is 0.335 e. The lowest BCUT2D eigenvalue weighted by atomic mass is 9.84. The number of allylic oxidation sites excluding steroid dienone is 1. The molecule has 0 saturated carbocycles. The van der Waals surface area contributed by atoms with E-state index in [1.807, 2.05) is 37.3 Å². The van der Waals surface area contributed by atoms with Gasteiger partial charge in [0.05, 0.1) is 22.3 Å². The maximum absolute atomic E-state index is 13.8. The lowest BCUT2D eigenvalue weighted by Gasteiger charge is -2.20. The molecule has 0 radical (unpaired) electrons. The van der Waals surface area contributed by atoms with Crippen LogP contribution < -0.4 is 0 Å². The number of nitrogens with one attached hydrogen (secondary N) is 1. The topological polar surface area (TPSA) is 66.0 Å². The van der Waals surface area contributed by atoms with Gasteiger partial charge >= 0.3 is 5.97 Å². The van der Waals surface area contributed by atoms with Gasteiger partial charge in [0, 0.05) is 5.39 Å². The highest BCUT2D eigenvalue weighted by molar-refractivity contribution is 6.33. The van der Waals surface area contributed by atoms with Crippen molar-refractivity contribution in [3.05, 3.63) is 107 Å². The minimum absolute atomic E-state index is 0.0110. The Morgan fingerprint density at radius 2 is 1.84 bits per heavy atom. The molecular weight excluding hydrogens is 427 g/mol. The highest BCUT2D eigenvalue weighted by Crippen LogP contribution is 2.40. The standard InChI is InChI=1S/C26H20ClFN2O2/c1-3-19(21-10-9-18(28)13-23(21)27)25(16-8-11-24-17(12-16)14-29-30-24)22-7-5-4-6-20(22)15(2)26(31)32/h4-14H,2-3H2,1H3,(H,29,30)(H,31,32)/b25-19+. The van der Waals surface area contributed by atoms with Gasteiger partial charge in [-0.3, -0.25) is 5.10 Å². The first-order chi connectivity index (χ1) is 15.4. The second-order valence-corrected chi connectivity index (χ2v) is 7.74. The van der Waals surface area contributed by atoms with Crippen molar-refractivity contribution in [3.63, 3.8) is 0 Å². The summed E-state index contributed by atoms with van der Waals surface area (Å²) in [6.45, 7) is 5.76. The zero-order valence-electron chi connectivity index (χ0n) is 17.3. The molecule has 32 heavy (non-hydrogen) atoms. The summed E-state index contributed by atoms with van der Waals surface area (Å²) in [6.07, 6.45) is 2.31. The minimum Gasteiger partial charge on any atom is -0.478 e. The predicted octanol–water partition coefficient (Wildman–Crippen LogP) is 6.82. The van der Waals surface area contributed by atoms with E-state index >= 15 is 0 Å². The van der Waals surface area contributed by atoms with Crippen LogP contribution in [0.4, 0.5) is 4.39 Å². The Balaban J connectivity index is 2.09. The van der Waals surface area contributed by atoms with Crippen LogP contribution in [0.1, 0.15) is 35.6 Å². The van der Waals surface area contributed by atoms with Crippen LogP contribution in [0.5, 0.6) is 0 Å². The van der Waals surface area contributed by atoms with Crippen molar-refractivity contribution in [2.24, 2.45) is 0 Å². The van der Waals surface area contributed by atoms with Gasteiger partial charge in [-0.15, -0.1) is 0 Å². The first-order valence-electron chi connectivity index (χ1n) is 10.0. The molecule has 3 aromatic carbocycles. The average molecular weight is 447 g/mol. The number of rotatable bonds is 6. The number of nitrogens with zero attached hydrogens (tertiary/aromatic N) is 1. The Morgan fingerprint density at radius 3 is 2.53 bits per heavy atom. The SMILES string of the molecule is C=C(C(=O)O)c1ccccc1/C(=C(\CC)c1ccc(F)cc1Cl)c1ccc2[nH]ncc2c1. The number of fused-ring (bicyclic) bond motifs is 1. The quantitative estimate of drug-likeness (QED) is 0.252. The molecule has 0 bridgehead atoms. The molecule has 0 amide bonds. The van der Waals surface area contributed by atoms with E-state index < -0.39 is 11.8 Å². The highest BCUT2D eigenvalue weighted by atomic mass is 35.5. The number of aliphatic carboxylic acids is 1. The summed E-state index contributed by atoms with van der Waals surface area (Å²) < 4.78 is 13.8. The Morgan fingerprint density at radius 1 is 1.09 bits per heavy atom. The van der Waals surface area contributed by atoms with Crippen LogP contribution >= 0.6 is 11.6 Å². The zero-order chi connectivity index (χ0) is 22.8. The molecule has 4 aromatic rings. The summed E-state index contributed by atoms with van der Waals surface area (Å²) in [5.74, 6) is -1.52. The van der Waals surface area contributed by atoms with Crippen LogP contribution in [0, 0.1) is 5.82 Å². The zero-order valence-corrected chi connectivity index (χ0v) is 18.1. The Kier molecular flexibility index (Phi) is 5.93. The summed E-state index contributed by atoms with van der Waals surface area (Å²) in [7, 11) is 0. The summed E-state index contributed by atoms with van der Waals surface area (Å²) in [5.41, 5.74) is 5.31. The van der Waals surface area contributed by atoms with Gasteiger partial charge in [-0.1, -0.05) is 61.5 Å². The summed E-state index contributed by atoms with van der Waals surface area (Å²) in [6, 6.07) is 17.4. The Bertz CT molecular complexity index is 1390. The van der Waals surface area contributed by atoms with Crippen molar-refractivity contribution in [2.75, 3.05) is 0 Å². The third-order valence-corrected chi connectivity index (χ3v) is 5.73. The van der Waals surface area contributed by atoms with E-state index in [1.54, 1.807) is 24.4 Å². The molecular formula is C26H20ClFN2O2. The van der Waals surface area contributed by atoms with Crippen molar-refractivity contribution in [1.82, 2.24) is 10.2 Å². The van der Waals surface area contributed by atoms with Gasteiger partial charge in [-0.25, -0.2) is 9.18 Å². The smallest absolute Gasteiger partial charge is 0.335 e. The Labute approximate surface area is 189 Å². The van der Waals surface area contributed by atoms with Crippen LogP contribution in [-0.2, 0) is 4.79 Å². The van der Waals surface area contributed by atoms with E-state index in [2.05, 4.69) is 16.8 Å². The van der Waals surface area contributed by atoms with Gasteiger partial charge in [0.2, 0.25) is 0 Å². The molecule has 2 N–H and O–H groups in total. The highest BCUT2D eigenvalue weighted by Gasteiger charge is 2.21. The summed E-state index contributed by atoms with van der Waals surface area (Å²) in [4.78, 5) is 11.8. The van der Waals surface area contributed by atoms with Gasteiger partial charge in [0.15, 0.2) is 0 Å². The summed E-state index contributed by atoms with van der Waals surface area (Å²) in [5, 5.41) is 17.9. The molecule has 0 atom stereocenters. The van der Waals surface area contributed by atoms with Crippen LogP contribution in [-0.4, -0.2) is 21.3 Å². The van der Waals surface area contributed by atoms with Crippen molar-refractivity contribution in [2.45, 2.75) is 13.3 Å². The summed E-state index contributed by atoms with van der Waals surface area (Å²) >= 11 is 6.45. The molecule has 160 valence electrons. The van der Waals surface area contributed by atoms with Crippen LogP contribution in [0.15, 0.2) is 73.4 Å². The largest absolute Gasteiger partial charge is 0.478 e. The number of carboxylic acid groups (broad SMARTS) is 1. The predicted molar refractivity (Wildman–Crippen MR) is 127 cm³/mol. The van der Waals surface area contributed by atoms with E-state index in [1.165, 1.54) is 12.1 Å². The average Bonchev–Trinajstić information content (AvgIpc) is 3.25. The molecule has 0 saturated heterocycles. The molecule has 0 aliphatic rings. The van der Waals surface area contributed by atoms with E-state index in [9.17, 15) is 14.3 Å². The number of hydrogen-bond acceptors (Lipinski definition) is 2. The fourth-order valence-corrected chi connectivity index (χ4v) is 4.19. The fourth-order valence-electron chi connectivity index (χ4n) is 3.91. The van der Waals surface area contributed by atoms with E-state index in [0.717, 1.165) is 27.6 Å². The molecule has 0 aliphatic heterocycles. The second kappa shape index (κ2) is 8.81. The number of H-pyrrole nitrogens is 1.